The second kappa shape index (κ2) is 8.45. The fourth-order valence-corrected chi connectivity index (χ4v) is 5.62. The van der Waals surface area contributed by atoms with Gasteiger partial charge in [-0.2, -0.15) is 0 Å². The Balaban J connectivity index is 1.32. The molecular formula is C27H30N2O2. The molecule has 2 atom stereocenters. The van der Waals surface area contributed by atoms with E-state index < -0.39 is 5.60 Å². The minimum atomic E-state index is -0.788. The van der Waals surface area contributed by atoms with Crippen molar-refractivity contribution in [3.05, 3.63) is 84.2 Å². The van der Waals surface area contributed by atoms with Gasteiger partial charge in [0.15, 0.2) is 0 Å². The Morgan fingerprint density at radius 1 is 0.968 bits per heavy atom. The van der Waals surface area contributed by atoms with Crippen LogP contribution in [0.15, 0.2) is 72.9 Å². The monoisotopic (exact) mass is 414 g/mol. The van der Waals surface area contributed by atoms with Gasteiger partial charge in [-0.25, -0.2) is 0 Å². The summed E-state index contributed by atoms with van der Waals surface area (Å²) >= 11 is 0. The van der Waals surface area contributed by atoms with Gasteiger partial charge in [0.05, 0.1) is 12.8 Å². The van der Waals surface area contributed by atoms with Gasteiger partial charge in [-0.3, -0.25) is 9.88 Å². The van der Waals surface area contributed by atoms with Crippen molar-refractivity contribution in [2.75, 3.05) is 20.2 Å². The fraction of sp³-hybridized carbons (Fsp3) is 0.370. The zero-order valence-corrected chi connectivity index (χ0v) is 18.1. The highest BCUT2D eigenvalue weighted by molar-refractivity contribution is 5.70. The molecule has 5 rings (SSSR count). The number of nitrogens with zero attached hydrogens (tertiary/aromatic N) is 2. The molecule has 1 aliphatic carbocycles. The highest BCUT2D eigenvalue weighted by Crippen LogP contribution is 2.48. The summed E-state index contributed by atoms with van der Waals surface area (Å²) in [6.07, 6.45) is 5.13. The second-order valence-electron chi connectivity index (χ2n) is 8.96. The van der Waals surface area contributed by atoms with Gasteiger partial charge in [0.2, 0.25) is 0 Å². The Labute approximate surface area is 184 Å². The number of ether oxygens (including phenoxy) is 1. The van der Waals surface area contributed by atoms with E-state index in [4.69, 9.17) is 4.74 Å². The van der Waals surface area contributed by atoms with Crippen molar-refractivity contribution in [3.8, 4) is 16.9 Å². The van der Waals surface area contributed by atoms with Crippen LogP contribution in [0.5, 0.6) is 5.75 Å². The number of aliphatic hydroxyl groups is 1. The van der Waals surface area contributed by atoms with Crippen molar-refractivity contribution in [2.24, 2.45) is 11.8 Å². The summed E-state index contributed by atoms with van der Waals surface area (Å²) in [5.74, 6) is 1.37. The summed E-state index contributed by atoms with van der Waals surface area (Å²) in [5, 5.41) is 11.7. The average molecular weight is 415 g/mol. The molecule has 160 valence electrons. The third-order valence-electron chi connectivity index (χ3n) is 7.16. The first-order valence-corrected chi connectivity index (χ1v) is 11.3. The number of para-hydroxylation sites is 1. The van der Waals surface area contributed by atoms with Crippen LogP contribution in [0.3, 0.4) is 0 Å². The number of fused-ring (bicyclic) bond motifs is 2. The second-order valence-corrected chi connectivity index (χ2v) is 8.96. The van der Waals surface area contributed by atoms with E-state index in [1.165, 1.54) is 17.5 Å². The van der Waals surface area contributed by atoms with Crippen LogP contribution in [0.4, 0.5) is 0 Å². The molecule has 2 heterocycles. The van der Waals surface area contributed by atoms with Gasteiger partial charge in [-0.05, 0) is 42.2 Å². The van der Waals surface area contributed by atoms with E-state index in [1.807, 2.05) is 36.4 Å². The molecule has 1 saturated heterocycles. The molecule has 1 aromatic heterocycles. The maximum atomic E-state index is 11.7. The molecular weight excluding hydrogens is 384 g/mol. The van der Waals surface area contributed by atoms with E-state index in [9.17, 15) is 5.11 Å². The van der Waals surface area contributed by atoms with Gasteiger partial charge in [0.1, 0.15) is 11.4 Å². The van der Waals surface area contributed by atoms with Gasteiger partial charge in [-0.1, -0.05) is 55.0 Å². The van der Waals surface area contributed by atoms with Gasteiger partial charge in [-0.15, -0.1) is 0 Å². The van der Waals surface area contributed by atoms with Crippen molar-refractivity contribution >= 4 is 0 Å². The average Bonchev–Trinajstić information content (AvgIpc) is 2.81. The number of piperidine rings is 1. The normalized spacial score (nSPS) is 25.9. The van der Waals surface area contributed by atoms with E-state index >= 15 is 0 Å². The summed E-state index contributed by atoms with van der Waals surface area (Å²) < 4.78 is 5.51. The first-order valence-electron chi connectivity index (χ1n) is 11.3. The van der Waals surface area contributed by atoms with Crippen LogP contribution in [0.25, 0.3) is 11.1 Å². The third kappa shape index (κ3) is 3.75. The maximum absolute atomic E-state index is 11.7. The molecule has 4 nitrogen and oxygen atoms in total. The number of hydrogen-bond acceptors (Lipinski definition) is 4. The summed E-state index contributed by atoms with van der Waals surface area (Å²) in [6, 6.07) is 22.8. The quantitative estimate of drug-likeness (QED) is 0.647. The lowest BCUT2D eigenvalue weighted by atomic mass is 9.64. The van der Waals surface area contributed by atoms with E-state index in [0.717, 1.165) is 49.5 Å². The summed E-state index contributed by atoms with van der Waals surface area (Å²) in [6.45, 7) is 2.74. The van der Waals surface area contributed by atoms with Crippen molar-refractivity contribution in [3.63, 3.8) is 0 Å². The third-order valence-corrected chi connectivity index (χ3v) is 7.16. The first-order chi connectivity index (χ1) is 15.2. The highest BCUT2D eigenvalue weighted by Gasteiger charge is 2.52. The molecule has 1 saturated carbocycles. The zero-order chi connectivity index (χ0) is 21.3. The molecule has 2 bridgehead atoms. The number of rotatable bonds is 5. The first kappa shape index (κ1) is 20.2. The molecule has 2 aromatic carbocycles. The summed E-state index contributed by atoms with van der Waals surface area (Å²) in [7, 11) is 1.71. The Morgan fingerprint density at radius 2 is 1.68 bits per heavy atom. The number of likely N-dealkylation sites (tertiary alicyclic amines) is 1. The van der Waals surface area contributed by atoms with Crippen LogP contribution in [-0.2, 0) is 12.1 Å². The molecule has 0 spiro atoms. The Morgan fingerprint density at radius 3 is 2.35 bits per heavy atom. The van der Waals surface area contributed by atoms with Crippen LogP contribution >= 0.6 is 0 Å². The molecule has 4 heteroatoms. The number of hydrogen-bond donors (Lipinski definition) is 1. The van der Waals surface area contributed by atoms with Gasteiger partial charge < -0.3 is 9.84 Å². The van der Waals surface area contributed by atoms with Crippen LogP contribution in [-0.4, -0.2) is 35.2 Å². The number of aromatic nitrogens is 1. The molecule has 0 radical (unpaired) electrons. The van der Waals surface area contributed by atoms with Gasteiger partial charge >= 0.3 is 0 Å². The SMILES string of the molecule is COc1ccccc1-c1ccc(CN2CC3CCCC(C2)C3(O)c2ccccn2)cc1. The van der Waals surface area contributed by atoms with Gasteiger partial charge in [0, 0.05) is 43.2 Å². The van der Waals surface area contributed by atoms with Crippen LogP contribution in [0.2, 0.25) is 0 Å². The van der Waals surface area contributed by atoms with Gasteiger partial charge in [0.25, 0.3) is 0 Å². The van der Waals surface area contributed by atoms with E-state index in [2.05, 4.69) is 40.2 Å². The lowest BCUT2D eigenvalue weighted by molar-refractivity contribution is -0.151. The Bertz CT molecular complexity index is 1000. The van der Waals surface area contributed by atoms with Crippen molar-refractivity contribution in [1.82, 2.24) is 9.88 Å². The fourth-order valence-electron chi connectivity index (χ4n) is 5.62. The van der Waals surface area contributed by atoms with Crippen molar-refractivity contribution in [1.29, 1.82) is 0 Å². The molecule has 2 fully saturated rings. The van der Waals surface area contributed by atoms with E-state index in [-0.39, 0.29) is 11.8 Å². The topological polar surface area (TPSA) is 45.6 Å². The molecule has 1 N–H and O–H groups in total. The molecule has 2 unspecified atom stereocenters. The predicted molar refractivity (Wildman–Crippen MR) is 123 cm³/mol. The standard InChI is InChI=1S/C27H30N2O2/c1-31-25-10-3-2-9-24(25)21-14-12-20(13-15-21)17-29-18-22-7-6-8-23(19-29)27(22,30)26-11-4-5-16-28-26/h2-5,9-16,22-23,30H,6-8,17-19H2,1H3. The van der Waals surface area contributed by atoms with Crippen LogP contribution in [0.1, 0.15) is 30.5 Å². The lowest BCUT2D eigenvalue weighted by Crippen LogP contribution is -2.58. The maximum Gasteiger partial charge on any atom is 0.126 e. The van der Waals surface area contributed by atoms with Crippen molar-refractivity contribution in [2.45, 2.75) is 31.4 Å². The van der Waals surface area contributed by atoms with E-state index in [1.54, 1.807) is 13.3 Å². The van der Waals surface area contributed by atoms with Crippen molar-refractivity contribution < 1.29 is 9.84 Å². The van der Waals surface area contributed by atoms with E-state index in [0.29, 0.717) is 0 Å². The molecule has 3 aromatic rings. The van der Waals surface area contributed by atoms with Crippen LogP contribution in [0, 0.1) is 11.8 Å². The number of benzene rings is 2. The number of pyridine rings is 1. The Hall–Kier alpha value is -2.69. The summed E-state index contributed by atoms with van der Waals surface area (Å²) in [5.41, 5.74) is 3.65. The predicted octanol–water partition coefficient (Wildman–Crippen LogP) is 4.88. The smallest absolute Gasteiger partial charge is 0.126 e. The lowest BCUT2D eigenvalue weighted by Gasteiger charge is -2.52. The zero-order valence-electron chi connectivity index (χ0n) is 18.1. The minimum Gasteiger partial charge on any atom is -0.496 e. The summed E-state index contributed by atoms with van der Waals surface area (Å²) in [4.78, 5) is 7.06. The van der Waals surface area contributed by atoms with Crippen LogP contribution < -0.4 is 4.74 Å². The molecule has 31 heavy (non-hydrogen) atoms. The number of methoxy groups -OCH3 is 1. The Kier molecular flexibility index (Phi) is 5.51. The highest BCUT2D eigenvalue weighted by atomic mass is 16.5. The minimum absolute atomic E-state index is 0.239. The largest absolute Gasteiger partial charge is 0.496 e. The molecule has 0 amide bonds. The molecule has 1 aliphatic heterocycles. The molecule has 2 aliphatic rings.